The van der Waals surface area contributed by atoms with Gasteiger partial charge in [0.1, 0.15) is 6.61 Å². The zero-order valence-corrected chi connectivity index (χ0v) is 17.7. The SMILES string of the molecule is CC(C)CN(CC(C)C)C(=O)COC1C[C@@H]2C[C@H](C1)OB(c1ccccc1)O2. The first-order valence-corrected chi connectivity index (χ1v) is 10.7. The van der Waals surface area contributed by atoms with Gasteiger partial charge >= 0.3 is 7.12 Å². The maximum atomic E-state index is 12.7. The number of fused-ring (bicyclic) bond motifs is 2. The smallest absolute Gasteiger partial charge is 0.404 e. The lowest BCUT2D eigenvalue weighted by atomic mass is 9.74. The average molecular weight is 387 g/mol. The number of hydrogen-bond donors (Lipinski definition) is 0. The highest BCUT2D eigenvalue weighted by atomic mass is 16.6. The van der Waals surface area contributed by atoms with E-state index in [1.807, 2.05) is 35.2 Å². The molecule has 5 nitrogen and oxygen atoms in total. The van der Waals surface area contributed by atoms with Gasteiger partial charge in [0.05, 0.1) is 6.10 Å². The maximum absolute atomic E-state index is 12.7. The normalized spacial score (nSPS) is 24.6. The van der Waals surface area contributed by atoms with Gasteiger partial charge in [0.2, 0.25) is 5.91 Å². The highest BCUT2D eigenvalue weighted by Crippen LogP contribution is 2.31. The molecule has 1 unspecified atom stereocenters. The summed E-state index contributed by atoms with van der Waals surface area (Å²) in [6, 6.07) is 10.1. The van der Waals surface area contributed by atoms with Crippen molar-refractivity contribution in [3.63, 3.8) is 0 Å². The molecule has 1 aromatic rings. The van der Waals surface area contributed by atoms with Crippen LogP contribution < -0.4 is 5.46 Å². The lowest BCUT2D eigenvalue weighted by Crippen LogP contribution is -2.53. The topological polar surface area (TPSA) is 48.0 Å². The minimum absolute atomic E-state index is 0.0179. The molecule has 3 atom stereocenters. The van der Waals surface area contributed by atoms with E-state index >= 15 is 0 Å². The van der Waals surface area contributed by atoms with Crippen molar-refractivity contribution < 1.29 is 18.8 Å². The molecule has 6 heteroatoms. The molecule has 2 fully saturated rings. The number of carbonyl (C=O) groups is 1. The van der Waals surface area contributed by atoms with Gasteiger partial charge in [-0.25, -0.2) is 0 Å². The fourth-order valence-corrected chi connectivity index (χ4v) is 4.12. The van der Waals surface area contributed by atoms with Gasteiger partial charge in [-0.1, -0.05) is 58.0 Å². The molecule has 2 bridgehead atoms. The molecule has 1 heterocycles. The van der Waals surface area contributed by atoms with Crippen LogP contribution in [-0.4, -0.2) is 55.9 Å². The Labute approximate surface area is 169 Å². The van der Waals surface area contributed by atoms with Gasteiger partial charge in [0.25, 0.3) is 0 Å². The molecule has 1 saturated heterocycles. The number of ether oxygens (including phenoxy) is 1. The summed E-state index contributed by atoms with van der Waals surface area (Å²) in [5, 5.41) is 0. The summed E-state index contributed by atoms with van der Waals surface area (Å²) in [5.41, 5.74) is 1.06. The molecular formula is C22H34BNO4. The first kappa shape index (κ1) is 21.3. The molecule has 1 aromatic carbocycles. The molecule has 1 aliphatic carbocycles. The molecule has 0 N–H and O–H groups in total. The van der Waals surface area contributed by atoms with Crippen molar-refractivity contribution >= 4 is 18.5 Å². The third kappa shape index (κ3) is 6.06. The number of carbonyl (C=O) groups excluding carboxylic acids is 1. The summed E-state index contributed by atoms with van der Waals surface area (Å²) in [6.45, 7) is 10.3. The second kappa shape index (κ2) is 9.90. The molecule has 28 heavy (non-hydrogen) atoms. The van der Waals surface area contributed by atoms with E-state index in [1.54, 1.807) is 0 Å². The Morgan fingerprint density at radius 1 is 1.04 bits per heavy atom. The van der Waals surface area contributed by atoms with E-state index in [0.29, 0.717) is 11.8 Å². The summed E-state index contributed by atoms with van der Waals surface area (Å²) < 4.78 is 18.3. The van der Waals surface area contributed by atoms with Crippen LogP contribution in [0.3, 0.4) is 0 Å². The minimum atomic E-state index is -0.292. The Hall–Kier alpha value is -1.37. The largest absolute Gasteiger partial charge is 0.494 e. The summed E-state index contributed by atoms with van der Waals surface area (Å²) >= 11 is 0. The van der Waals surface area contributed by atoms with Crippen LogP contribution in [0.4, 0.5) is 0 Å². The van der Waals surface area contributed by atoms with E-state index < -0.39 is 0 Å². The van der Waals surface area contributed by atoms with Crippen LogP contribution in [0.15, 0.2) is 30.3 Å². The van der Waals surface area contributed by atoms with Gasteiger partial charge < -0.3 is 18.9 Å². The number of benzene rings is 1. The first-order valence-electron chi connectivity index (χ1n) is 10.7. The van der Waals surface area contributed by atoms with Gasteiger partial charge in [0, 0.05) is 25.3 Å². The molecule has 1 aliphatic heterocycles. The molecule has 1 saturated carbocycles. The van der Waals surface area contributed by atoms with Gasteiger partial charge in [-0.05, 0) is 36.6 Å². The summed E-state index contributed by atoms with van der Waals surface area (Å²) in [6.07, 6.45) is 2.82. The van der Waals surface area contributed by atoms with Crippen molar-refractivity contribution in [2.75, 3.05) is 19.7 Å². The van der Waals surface area contributed by atoms with Crippen molar-refractivity contribution in [2.45, 2.75) is 65.3 Å². The number of nitrogens with zero attached hydrogens (tertiary/aromatic N) is 1. The zero-order valence-electron chi connectivity index (χ0n) is 17.7. The van der Waals surface area contributed by atoms with E-state index in [1.165, 1.54) is 0 Å². The highest BCUT2D eigenvalue weighted by molar-refractivity contribution is 6.61. The van der Waals surface area contributed by atoms with Gasteiger partial charge in [-0.15, -0.1) is 0 Å². The Bertz CT molecular complexity index is 600. The maximum Gasteiger partial charge on any atom is 0.494 e. The molecule has 1 amide bonds. The molecule has 154 valence electrons. The molecule has 2 aliphatic rings. The van der Waals surface area contributed by atoms with Crippen LogP contribution in [0.5, 0.6) is 0 Å². The Kier molecular flexibility index (Phi) is 7.55. The second-order valence-corrected chi connectivity index (χ2v) is 8.99. The predicted octanol–water partition coefficient (Wildman–Crippen LogP) is 2.88. The van der Waals surface area contributed by atoms with Crippen LogP contribution in [-0.2, 0) is 18.8 Å². The van der Waals surface area contributed by atoms with E-state index in [-0.39, 0.29) is 37.9 Å². The monoisotopic (exact) mass is 387 g/mol. The van der Waals surface area contributed by atoms with Crippen molar-refractivity contribution in [2.24, 2.45) is 11.8 Å². The highest BCUT2D eigenvalue weighted by Gasteiger charge is 2.41. The Balaban J connectivity index is 1.50. The summed E-state index contributed by atoms with van der Waals surface area (Å²) in [4.78, 5) is 14.6. The van der Waals surface area contributed by atoms with Crippen LogP contribution in [0.1, 0.15) is 47.0 Å². The number of amides is 1. The van der Waals surface area contributed by atoms with Crippen LogP contribution in [0.2, 0.25) is 0 Å². The predicted molar refractivity (Wildman–Crippen MR) is 111 cm³/mol. The van der Waals surface area contributed by atoms with Crippen LogP contribution in [0.25, 0.3) is 0 Å². The Morgan fingerprint density at radius 2 is 1.61 bits per heavy atom. The van der Waals surface area contributed by atoms with Crippen molar-refractivity contribution in [1.82, 2.24) is 4.90 Å². The quantitative estimate of drug-likeness (QED) is 0.644. The lowest BCUT2D eigenvalue weighted by Gasteiger charge is -2.41. The van der Waals surface area contributed by atoms with Crippen molar-refractivity contribution in [3.05, 3.63) is 30.3 Å². The molecule has 0 spiro atoms. The van der Waals surface area contributed by atoms with E-state index in [4.69, 9.17) is 14.0 Å². The molecule has 0 aromatic heterocycles. The first-order chi connectivity index (χ1) is 13.4. The summed E-state index contributed by atoms with van der Waals surface area (Å²) in [7, 11) is -0.292. The standard InChI is InChI=1S/C22H34BNO4/c1-16(2)13-24(14-17(3)4)22(25)15-26-19-10-20-12-21(11-19)28-23(27-20)18-8-6-5-7-9-18/h5-9,16-17,19-21H,10-15H2,1-4H3/t19?,20-,21+. The molecule has 3 rings (SSSR count). The van der Waals surface area contributed by atoms with Crippen LogP contribution in [0, 0.1) is 11.8 Å². The van der Waals surface area contributed by atoms with E-state index in [0.717, 1.165) is 37.8 Å². The van der Waals surface area contributed by atoms with Gasteiger partial charge in [0.15, 0.2) is 0 Å². The summed E-state index contributed by atoms with van der Waals surface area (Å²) in [5.74, 6) is 0.990. The number of hydrogen-bond acceptors (Lipinski definition) is 4. The zero-order chi connectivity index (χ0) is 20.1. The Morgan fingerprint density at radius 3 is 2.14 bits per heavy atom. The third-order valence-electron chi connectivity index (χ3n) is 5.25. The van der Waals surface area contributed by atoms with Crippen molar-refractivity contribution in [3.8, 4) is 0 Å². The van der Waals surface area contributed by atoms with Gasteiger partial charge in [-0.2, -0.15) is 0 Å². The fraction of sp³-hybridized carbons (Fsp3) is 0.682. The fourth-order valence-electron chi connectivity index (χ4n) is 4.12. The van der Waals surface area contributed by atoms with Gasteiger partial charge in [-0.3, -0.25) is 4.79 Å². The minimum Gasteiger partial charge on any atom is -0.404 e. The molecular weight excluding hydrogens is 353 g/mol. The van der Waals surface area contributed by atoms with E-state index in [2.05, 4.69) is 27.7 Å². The lowest BCUT2D eigenvalue weighted by molar-refractivity contribution is -0.143. The average Bonchev–Trinajstić information content (AvgIpc) is 2.65. The third-order valence-corrected chi connectivity index (χ3v) is 5.25. The van der Waals surface area contributed by atoms with E-state index in [9.17, 15) is 4.79 Å². The second-order valence-electron chi connectivity index (χ2n) is 8.99. The molecule has 0 radical (unpaired) electrons. The number of rotatable bonds is 8. The van der Waals surface area contributed by atoms with Crippen molar-refractivity contribution in [1.29, 1.82) is 0 Å². The van der Waals surface area contributed by atoms with Crippen LogP contribution >= 0.6 is 0 Å².